The summed E-state index contributed by atoms with van der Waals surface area (Å²) < 4.78 is 28.4. The van der Waals surface area contributed by atoms with Crippen molar-refractivity contribution in [3.63, 3.8) is 0 Å². The lowest BCUT2D eigenvalue weighted by Gasteiger charge is -2.10. The van der Waals surface area contributed by atoms with E-state index in [9.17, 15) is 14.0 Å². The Hall–Kier alpha value is -2.80. The van der Waals surface area contributed by atoms with Gasteiger partial charge in [-0.15, -0.1) is 0 Å². The Kier molecular flexibility index (Phi) is 7.43. The lowest BCUT2D eigenvalue weighted by Crippen LogP contribution is -2.30. The van der Waals surface area contributed by atoms with Gasteiger partial charge in [0.15, 0.2) is 18.1 Å². The zero-order valence-corrected chi connectivity index (χ0v) is 15.6. The molecule has 0 fully saturated rings. The first-order chi connectivity index (χ1) is 12.9. The SMILES string of the molecule is COc1ccc(CCNC(=O)COC(=O)c2cc(F)ccc2Cl)cc1OC. The molecule has 1 N–H and O–H groups in total. The highest BCUT2D eigenvalue weighted by Gasteiger charge is 2.14. The van der Waals surface area contributed by atoms with Gasteiger partial charge >= 0.3 is 5.97 Å². The number of esters is 1. The molecule has 0 bridgehead atoms. The first-order valence-electron chi connectivity index (χ1n) is 8.04. The molecule has 8 heteroatoms. The van der Waals surface area contributed by atoms with Crippen molar-refractivity contribution in [2.75, 3.05) is 27.4 Å². The van der Waals surface area contributed by atoms with E-state index in [4.69, 9.17) is 25.8 Å². The van der Waals surface area contributed by atoms with Gasteiger partial charge in [0, 0.05) is 6.54 Å². The number of rotatable bonds is 8. The fourth-order valence-corrected chi connectivity index (χ4v) is 2.49. The van der Waals surface area contributed by atoms with Gasteiger partial charge in [-0.3, -0.25) is 4.79 Å². The smallest absolute Gasteiger partial charge is 0.340 e. The van der Waals surface area contributed by atoms with E-state index >= 15 is 0 Å². The van der Waals surface area contributed by atoms with Crippen LogP contribution in [0.3, 0.4) is 0 Å². The van der Waals surface area contributed by atoms with Gasteiger partial charge in [0.25, 0.3) is 5.91 Å². The van der Waals surface area contributed by atoms with E-state index in [1.165, 1.54) is 6.07 Å². The van der Waals surface area contributed by atoms with Crippen molar-refractivity contribution in [2.24, 2.45) is 0 Å². The van der Waals surface area contributed by atoms with Gasteiger partial charge in [0.05, 0.1) is 24.8 Å². The van der Waals surface area contributed by atoms with Crippen LogP contribution in [-0.2, 0) is 16.0 Å². The van der Waals surface area contributed by atoms with Crippen molar-refractivity contribution in [2.45, 2.75) is 6.42 Å². The molecule has 1 amide bonds. The van der Waals surface area contributed by atoms with Crippen LogP contribution < -0.4 is 14.8 Å². The van der Waals surface area contributed by atoms with Gasteiger partial charge in [-0.2, -0.15) is 0 Å². The number of methoxy groups -OCH3 is 2. The summed E-state index contributed by atoms with van der Waals surface area (Å²) in [4.78, 5) is 23.7. The maximum atomic E-state index is 13.2. The fourth-order valence-electron chi connectivity index (χ4n) is 2.30. The molecular weight excluding hydrogens is 377 g/mol. The van der Waals surface area contributed by atoms with E-state index in [1.807, 2.05) is 12.1 Å². The lowest BCUT2D eigenvalue weighted by atomic mass is 10.1. The van der Waals surface area contributed by atoms with Crippen LogP contribution >= 0.6 is 11.6 Å². The van der Waals surface area contributed by atoms with Crippen LogP contribution in [0.15, 0.2) is 36.4 Å². The average Bonchev–Trinajstić information content (AvgIpc) is 2.67. The molecule has 0 aliphatic rings. The Morgan fingerprint density at radius 2 is 1.81 bits per heavy atom. The molecule has 2 aromatic rings. The summed E-state index contributed by atoms with van der Waals surface area (Å²) in [6.07, 6.45) is 0.551. The standard InChI is InChI=1S/C19H19ClFNO5/c1-25-16-6-3-12(9-17(16)26-2)7-8-22-18(23)11-27-19(24)14-10-13(21)4-5-15(14)20/h3-6,9-10H,7-8,11H2,1-2H3,(H,22,23). The van der Waals surface area contributed by atoms with Crippen molar-refractivity contribution in [1.82, 2.24) is 5.32 Å². The molecule has 6 nitrogen and oxygen atoms in total. The minimum Gasteiger partial charge on any atom is -0.493 e. The third-order valence-electron chi connectivity index (χ3n) is 3.67. The Balaban J connectivity index is 1.79. The van der Waals surface area contributed by atoms with Gasteiger partial charge in [-0.05, 0) is 42.3 Å². The van der Waals surface area contributed by atoms with E-state index in [-0.39, 0.29) is 10.6 Å². The monoisotopic (exact) mass is 395 g/mol. The van der Waals surface area contributed by atoms with Crippen LogP contribution in [0.4, 0.5) is 4.39 Å². The second kappa shape index (κ2) is 9.78. The van der Waals surface area contributed by atoms with Crippen LogP contribution in [0.1, 0.15) is 15.9 Å². The van der Waals surface area contributed by atoms with Gasteiger partial charge in [-0.25, -0.2) is 9.18 Å². The second-order valence-electron chi connectivity index (χ2n) is 5.49. The second-order valence-corrected chi connectivity index (χ2v) is 5.90. The molecule has 0 unspecified atom stereocenters. The van der Waals surface area contributed by atoms with Crippen molar-refractivity contribution in [3.8, 4) is 11.5 Å². The van der Waals surface area contributed by atoms with Gasteiger partial charge in [0.2, 0.25) is 0 Å². The number of hydrogen-bond donors (Lipinski definition) is 1. The molecule has 2 rings (SSSR count). The summed E-state index contributed by atoms with van der Waals surface area (Å²) in [5.41, 5.74) is 0.811. The number of carbonyl (C=O) groups excluding carboxylic acids is 2. The van der Waals surface area contributed by atoms with Gasteiger partial charge < -0.3 is 19.5 Å². The predicted molar refractivity (Wildman–Crippen MR) is 98.0 cm³/mol. The van der Waals surface area contributed by atoms with Crippen LogP contribution in [0.5, 0.6) is 11.5 Å². The number of ether oxygens (including phenoxy) is 3. The van der Waals surface area contributed by atoms with E-state index in [0.29, 0.717) is 24.5 Å². The number of carbonyl (C=O) groups is 2. The molecule has 0 saturated heterocycles. The molecule has 27 heavy (non-hydrogen) atoms. The maximum absolute atomic E-state index is 13.2. The summed E-state index contributed by atoms with van der Waals surface area (Å²) in [6, 6.07) is 8.78. The zero-order valence-electron chi connectivity index (χ0n) is 14.9. The summed E-state index contributed by atoms with van der Waals surface area (Å²) in [7, 11) is 3.10. The minimum atomic E-state index is -0.866. The average molecular weight is 396 g/mol. The maximum Gasteiger partial charge on any atom is 0.340 e. The van der Waals surface area contributed by atoms with Crippen molar-refractivity contribution in [1.29, 1.82) is 0 Å². The normalized spacial score (nSPS) is 10.2. The number of benzene rings is 2. The molecule has 144 valence electrons. The quantitative estimate of drug-likeness (QED) is 0.695. The van der Waals surface area contributed by atoms with Crippen molar-refractivity contribution in [3.05, 3.63) is 58.4 Å². The molecule has 0 aliphatic carbocycles. The largest absolute Gasteiger partial charge is 0.493 e. The molecule has 0 radical (unpaired) electrons. The molecule has 0 atom stereocenters. The Bertz CT molecular complexity index is 828. The molecular formula is C19H19ClFNO5. The molecule has 2 aromatic carbocycles. The molecule has 0 heterocycles. The summed E-state index contributed by atoms with van der Waals surface area (Å²) >= 11 is 5.82. The summed E-state index contributed by atoms with van der Waals surface area (Å²) in [5.74, 6) is -0.743. The summed E-state index contributed by atoms with van der Waals surface area (Å²) in [6.45, 7) is -0.149. The Morgan fingerprint density at radius 1 is 1.07 bits per heavy atom. The van der Waals surface area contributed by atoms with E-state index < -0.39 is 24.3 Å². The van der Waals surface area contributed by atoms with Crippen molar-refractivity contribution < 1.29 is 28.2 Å². The number of halogens is 2. The number of nitrogens with one attached hydrogen (secondary N) is 1. The number of hydrogen-bond acceptors (Lipinski definition) is 5. The molecule has 0 aromatic heterocycles. The third-order valence-corrected chi connectivity index (χ3v) is 4.00. The highest BCUT2D eigenvalue weighted by Crippen LogP contribution is 2.27. The first-order valence-corrected chi connectivity index (χ1v) is 8.42. The molecule has 0 saturated carbocycles. The van der Waals surface area contributed by atoms with Crippen LogP contribution in [0.25, 0.3) is 0 Å². The third kappa shape index (κ3) is 5.86. The lowest BCUT2D eigenvalue weighted by molar-refractivity contribution is -0.124. The number of amides is 1. The predicted octanol–water partition coefficient (Wildman–Crippen LogP) is 3.01. The van der Waals surface area contributed by atoms with E-state index in [0.717, 1.165) is 17.7 Å². The topological polar surface area (TPSA) is 73.9 Å². The molecule has 0 aliphatic heterocycles. The van der Waals surface area contributed by atoms with E-state index in [1.54, 1.807) is 20.3 Å². The fraction of sp³-hybridized carbons (Fsp3) is 0.263. The first kappa shape index (κ1) is 20.5. The summed E-state index contributed by atoms with van der Waals surface area (Å²) in [5, 5.41) is 2.69. The van der Waals surface area contributed by atoms with Crippen LogP contribution in [0, 0.1) is 5.82 Å². The Morgan fingerprint density at radius 3 is 2.52 bits per heavy atom. The van der Waals surface area contributed by atoms with Crippen LogP contribution in [0.2, 0.25) is 5.02 Å². The highest BCUT2D eigenvalue weighted by atomic mass is 35.5. The van der Waals surface area contributed by atoms with Gasteiger partial charge in [-0.1, -0.05) is 17.7 Å². The Labute approximate surface area is 161 Å². The van der Waals surface area contributed by atoms with Crippen LogP contribution in [-0.4, -0.2) is 39.2 Å². The van der Waals surface area contributed by atoms with E-state index in [2.05, 4.69) is 5.32 Å². The molecule has 0 spiro atoms. The zero-order chi connectivity index (χ0) is 19.8. The van der Waals surface area contributed by atoms with Crippen molar-refractivity contribution >= 4 is 23.5 Å². The van der Waals surface area contributed by atoms with Gasteiger partial charge in [0.1, 0.15) is 5.82 Å². The minimum absolute atomic E-state index is 0.0512. The highest BCUT2D eigenvalue weighted by molar-refractivity contribution is 6.33.